The Kier molecular flexibility index (Phi) is 3.71. The standard InChI is InChI=1S/C13H14N2O3S/c1-7(2)10-6-8(11(14)16)13(19-10)15-12(17)9-4-3-5-18-9/h3-7H,1-2H3,(H2,14,16)(H,15,17). The van der Waals surface area contributed by atoms with Crippen LogP contribution in [0, 0.1) is 0 Å². The second-order valence-corrected chi connectivity index (χ2v) is 5.43. The van der Waals surface area contributed by atoms with Gasteiger partial charge < -0.3 is 15.5 Å². The summed E-state index contributed by atoms with van der Waals surface area (Å²) < 4.78 is 5.00. The first kappa shape index (κ1) is 13.4. The van der Waals surface area contributed by atoms with E-state index in [0.29, 0.717) is 10.6 Å². The summed E-state index contributed by atoms with van der Waals surface area (Å²) in [5, 5.41) is 3.11. The van der Waals surface area contributed by atoms with Crippen LogP contribution in [0.2, 0.25) is 0 Å². The first-order valence-corrected chi connectivity index (χ1v) is 6.59. The van der Waals surface area contributed by atoms with Crippen molar-refractivity contribution < 1.29 is 14.0 Å². The second kappa shape index (κ2) is 5.27. The monoisotopic (exact) mass is 278 g/mol. The number of nitrogens with one attached hydrogen (secondary N) is 1. The van der Waals surface area contributed by atoms with Crippen molar-refractivity contribution in [2.24, 2.45) is 5.73 Å². The lowest BCUT2D eigenvalue weighted by Crippen LogP contribution is -2.16. The highest BCUT2D eigenvalue weighted by Crippen LogP contribution is 2.32. The van der Waals surface area contributed by atoms with E-state index in [9.17, 15) is 9.59 Å². The van der Waals surface area contributed by atoms with Gasteiger partial charge >= 0.3 is 0 Å². The molecule has 0 atom stereocenters. The summed E-state index contributed by atoms with van der Waals surface area (Å²) in [4.78, 5) is 24.2. The molecule has 0 bridgehead atoms. The van der Waals surface area contributed by atoms with Crippen LogP contribution in [-0.4, -0.2) is 11.8 Å². The molecule has 6 heteroatoms. The number of hydrogen-bond donors (Lipinski definition) is 2. The Morgan fingerprint density at radius 1 is 1.42 bits per heavy atom. The summed E-state index contributed by atoms with van der Waals surface area (Å²) in [5.74, 6) is -0.505. The van der Waals surface area contributed by atoms with Gasteiger partial charge in [-0.3, -0.25) is 9.59 Å². The summed E-state index contributed by atoms with van der Waals surface area (Å²) in [7, 11) is 0. The first-order chi connectivity index (χ1) is 8.99. The largest absolute Gasteiger partial charge is 0.459 e. The van der Waals surface area contributed by atoms with Crippen molar-refractivity contribution in [2.45, 2.75) is 19.8 Å². The first-order valence-electron chi connectivity index (χ1n) is 5.77. The quantitative estimate of drug-likeness (QED) is 0.901. The number of furan rings is 1. The van der Waals surface area contributed by atoms with Crippen molar-refractivity contribution in [3.05, 3.63) is 40.7 Å². The molecular weight excluding hydrogens is 264 g/mol. The Balaban J connectivity index is 2.28. The molecule has 0 saturated heterocycles. The summed E-state index contributed by atoms with van der Waals surface area (Å²) in [6, 6.07) is 4.89. The molecule has 0 aromatic carbocycles. The molecule has 0 saturated carbocycles. The van der Waals surface area contributed by atoms with Crippen molar-refractivity contribution in [3.8, 4) is 0 Å². The van der Waals surface area contributed by atoms with E-state index >= 15 is 0 Å². The molecular formula is C13H14N2O3S. The summed E-state index contributed by atoms with van der Waals surface area (Å²) in [5.41, 5.74) is 5.64. The van der Waals surface area contributed by atoms with Gasteiger partial charge in [0.1, 0.15) is 5.00 Å². The summed E-state index contributed by atoms with van der Waals surface area (Å²) in [6.07, 6.45) is 1.41. The van der Waals surface area contributed by atoms with Crippen molar-refractivity contribution in [1.29, 1.82) is 0 Å². The van der Waals surface area contributed by atoms with E-state index in [4.69, 9.17) is 10.2 Å². The van der Waals surface area contributed by atoms with Gasteiger partial charge in [-0.05, 0) is 24.1 Å². The van der Waals surface area contributed by atoms with Crippen LogP contribution >= 0.6 is 11.3 Å². The third kappa shape index (κ3) is 2.85. The van der Waals surface area contributed by atoms with Gasteiger partial charge in [0.15, 0.2) is 5.76 Å². The fourth-order valence-electron chi connectivity index (χ4n) is 1.54. The van der Waals surface area contributed by atoms with E-state index in [1.807, 2.05) is 13.8 Å². The third-order valence-corrected chi connectivity index (χ3v) is 3.91. The summed E-state index contributed by atoms with van der Waals surface area (Å²) >= 11 is 1.35. The smallest absolute Gasteiger partial charge is 0.291 e. The van der Waals surface area contributed by atoms with Gasteiger partial charge in [-0.1, -0.05) is 13.8 Å². The fraction of sp³-hybridized carbons (Fsp3) is 0.231. The van der Waals surface area contributed by atoms with Gasteiger partial charge in [-0.2, -0.15) is 0 Å². The van der Waals surface area contributed by atoms with Crippen LogP contribution in [0.25, 0.3) is 0 Å². The Hall–Kier alpha value is -2.08. The van der Waals surface area contributed by atoms with Gasteiger partial charge in [-0.15, -0.1) is 11.3 Å². The Bertz CT molecular complexity index is 599. The van der Waals surface area contributed by atoms with Gasteiger partial charge in [-0.25, -0.2) is 0 Å². The van der Waals surface area contributed by atoms with E-state index in [-0.39, 0.29) is 11.7 Å². The minimum Gasteiger partial charge on any atom is -0.459 e. The number of hydrogen-bond acceptors (Lipinski definition) is 4. The predicted octanol–water partition coefficient (Wildman–Crippen LogP) is 2.82. The SMILES string of the molecule is CC(C)c1cc(C(N)=O)c(NC(=O)c2ccco2)s1. The highest BCUT2D eigenvalue weighted by atomic mass is 32.1. The number of rotatable bonds is 4. The molecule has 2 aromatic rings. The zero-order valence-electron chi connectivity index (χ0n) is 10.6. The molecule has 0 radical (unpaired) electrons. The number of carbonyl (C=O) groups is 2. The molecule has 2 aromatic heterocycles. The number of primary amides is 1. The molecule has 0 aliphatic rings. The zero-order chi connectivity index (χ0) is 14.0. The molecule has 0 fully saturated rings. The van der Waals surface area contributed by atoms with Crippen molar-refractivity contribution in [3.63, 3.8) is 0 Å². The van der Waals surface area contributed by atoms with Crippen LogP contribution in [0.4, 0.5) is 5.00 Å². The Morgan fingerprint density at radius 2 is 2.16 bits per heavy atom. The maximum absolute atomic E-state index is 11.9. The Labute approximate surface area is 114 Å². The Morgan fingerprint density at radius 3 is 2.68 bits per heavy atom. The van der Waals surface area contributed by atoms with Crippen LogP contribution in [0.5, 0.6) is 0 Å². The van der Waals surface area contributed by atoms with Crippen molar-refractivity contribution in [1.82, 2.24) is 0 Å². The number of carbonyl (C=O) groups excluding carboxylic acids is 2. The molecule has 19 heavy (non-hydrogen) atoms. The zero-order valence-corrected chi connectivity index (χ0v) is 11.4. The van der Waals surface area contributed by atoms with Gasteiger partial charge in [0.25, 0.3) is 11.8 Å². The lowest BCUT2D eigenvalue weighted by atomic mass is 10.1. The van der Waals surface area contributed by atoms with Crippen LogP contribution in [0.15, 0.2) is 28.9 Å². The highest BCUT2D eigenvalue weighted by Gasteiger charge is 2.18. The van der Waals surface area contributed by atoms with Crippen molar-refractivity contribution in [2.75, 3.05) is 5.32 Å². The number of nitrogens with two attached hydrogens (primary N) is 1. The van der Waals surface area contributed by atoms with E-state index in [1.165, 1.54) is 17.6 Å². The maximum Gasteiger partial charge on any atom is 0.291 e. The number of amides is 2. The van der Waals surface area contributed by atoms with Crippen molar-refractivity contribution >= 4 is 28.2 Å². The minimum atomic E-state index is -0.558. The van der Waals surface area contributed by atoms with E-state index in [1.54, 1.807) is 18.2 Å². The fourth-order valence-corrected chi connectivity index (χ4v) is 2.60. The maximum atomic E-state index is 11.9. The molecule has 2 amide bonds. The molecule has 5 nitrogen and oxygen atoms in total. The van der Waals surface area contributed by atoms with Crippen LogP contribution in [-0.2, 0) is 0 Å². The average Bonchev–Trinajstić information content (AvgIpc) is 2.97. The molecule has 0 aliphatic carbocycles. The highest BCUT2D eigenvalue weighted by molar-refractivity contribution is 7.16. The van der Waals surface area contributed by atoms with Crippen LogP contribution in [0.3, 0.4) is 0 Å². The second-order valence-electron chi connectivity index (χ2n) is 4.34. The van der Waals surface area contributed by atoms with E-state index < -0.39 is 11.8 Å². The lowest BCUT2D eigenvalue weighted by Gasteiger charge is -2.02. The molecule has 2 rings (SSSR count). The predicted molar refractivity (Wildman–Crippen MR) is 73.6 cm³/mol. The van der Waals surface area contributed by atoms with Gasteiger partial charge in [0.05, 0.1) is 11.8 Å². The molecule has 3 N–H and O–H groups in total. The molecule has 0 aliphatic heterocycles. The molecule has 2 heterocycles. The topological polar surface area (TPSA) is 85.3 Å². The summed E-state index contributed by atoms with van der Waals surface area (Å²) in [6.45, 7) is 4.02. The van der Waals surface area contributed by atoms with Crippen LogP contribution in [0.1, 0.15) is 45.6 Å². The van der Waals surface area contributed by atoms with E-state index in [2.05, 4.69) is 5.32 Å². The van der Waals surface area contributed by atoms with Crippen LogP contribution < -0.4 is 11.1 Å². The van der Waals surface area contributed by atoms with Gasteiger partial charge in [0, 0.05) is 4.88 Å². The molecule has 100 valence electrons. The number of anilines is 1. The molecule has 0 unspecified atom stereocenters. The number of thiophene rings is 1. The lowest BCUT2D eigenvalue weighted by molar-refractivity contribution is 0.0997. The molecule has 0 spiro atoms. The normalized spacial score (nSPS) is 10.7. The average molecular weight is 278 g/mol. The third-order valence-electron chi connectivity index (χ3n) is 2.56. The minimum absolute atomic E-state index is 0.190. The van der Waals surface area contributed by atoms with E-state index in [0.717, 1.165) is 4.88 Å². The van der Waals surface area contributed by atoms with Gasteiger partial charge in [0.2, 0.25) is 0 Å².